The Morgan fingerprint density at radius 1 is 1.12 bits per heavy atom. The van der Waals surface area contributed by atoms with Crippen molar-refractivity contribution in [3.8, 4) is 17.0 Å². The molecule has 0 spiro atoms. The van der Waals surface area contributed by atoms with Crippen LogP contribution in [0.25, 0.3) is 21.5 Å². The van der Waals surface area contributed by atoms with E-state index in [1.807, 2.05) is 42.1 Å². The Balaban J connectivity index is 1.26. The number of aryl methyl sites for hydroxylation is 1. The molecule has 1 fully saturated rings. The van der Waals surface area contributed by atoms with Gasteiger partial charge in [0.05, 0.1) is 12.0 Å². The van der Waals surface area contributed by atoms with Gasteiger partial charge in [0.2, 0.25) is 0 Å². The van der Waals surface area contributed by atoms with Gasteiger partial charge in [-0.15, -0.1) is 11.3 Å². The van der Waals surface area contributed by atoms with E-state index in [2.05, 4.69) is 45.6 Å². The van der Waals surface area contributed by atoms with Gasteiger partial charge in [-0.2, -0.15) is 5.10 Å². The number of amides is 1. The van der Waals surface area contributed by atoms with Gasteiger partial charge in [0.1, 0.15) is 16.3 Å². The lowest BCUT2D eigenvalue weighted by molar-refractivity contribution is 0.0913. The molecule has 33 heavy (non-hydrogen) atoms. The number of nitrogens with zero attached hydrogens (tertiary/aromatic N) is 3. The highest BCUT2D eigenvalue weighted by Gasteiger charge is 2.23. The van der Waals surface area contributed by atoms with Crippen LogP contribution in [-0.2, 0) is 13.6 Å². The van der Waals surface area contributed by atoms with Gasteiger partial charge in [-0.3, -0.25) is 14.4 Å². The van der Waals surface area contributed by atoms with Crippen molar-refractivity contribution in [3.05, 3.63) is 71.1 Å². The van der Waals surface area contributed by atoms with Crippen LogP contribution in [0.15, 0.2) is 60.7 Å². The van der Waals surface area contributed by atoms with Gasteiger partial charge in [-0.25, -0.2) is 0 Å². The van der Waals surface area contributed by atoms with Crippen LogP contribution in [0.4, 0.5) is 0 Å². The SMILES string of the molecule is COc1cccc(-c2nn(C)c3sc(C(=O)NC4CCN(Cc5ccccc5)CC4)cc23)c1. The van der Waals surface area contributed by atoms with Crippen molar-refractivity contribution in [2.24, 2.45) is 7.05 Å². The zero-order valence-corrected chi connectivity index (χ0v) is 19.8. The van der Waals surface area contributed by atoms with E-state index >= 15 is 0 Å². The van der Waals surface area contributed by atoms with Gasteiger partial charge in [0, 0.05) is 43.7 Å². The normalized spacial score (nSPS) is 15.1. The third-order valence-electron chi connectivity index (χ3n) is 6.25. The number of fused-ring (bicyclic) bond motifs is 1. The van der Waals surface area contributed by atoms with Gasteiger partial charge < -0.3 is 10.1 Å². The van der Waals surface area contributed by atoms with Crippen molar-refractivity contribution < 1.29 is 9.53 Å². The average Bonchev–Trinajstić information content (AvgIpc) is 3.42. The summed E-state index contributed by atoms with van der Waals surface area (Å²) in [6.07, 6.45) is 1.94. The molecule has 6 nitrogen and oxygen atoms in total. The third kappa shape index (κ3) is 4.65. The van der Waals surface area contributed by atoms with Gasteiger partial charge in [-0.1, -0.05) is 42.5 Å². The molecular weight excluding hydrogens is 432 g/mol. The fourth-order valence-corrected chi connectivity index (χ4v) is 5.44. The van der Waals surface area contributed by atoms with Gasteiger partial charge in [0.15, 0.2) is 0 Å². The molecule has 3 heterocycles. The summed E-state index contributed by atoms with van der Waals surface area (Å²) in [5, 5.41) is 8.95. The maximum absolute atomic E-state index is 13.0. The molecule has 0 aliphatic carbocycles. The number of nitrogens with one attached hydrogen (secondary N) is 1. The van der Waals surface area contributed by atoms with Crippen LogP contribution < -0.4 is 10.1 Å². The molecule has 0 saturated carbocycles. The van der Waals surface area contributed by atoms with Crippen LogP contribution in [0.5, 0.6) is 5.75 Å². The summed E-state index contributed by atoms with van der Waals surface area (Å²) in [6, 6.07) is 20.6. The van der Waals surface area contributed by atoms with E-state index in [0.29, 0.717) is 0 Å². The summed E-state index contributed by atoms with van der Waals surface area (Å²) < 4.78 is 7.22. The Hall–Kier alpha value is -3.16. The summed E-state index contributed by atoms with van der Waals surface area (Å²) in [5.41, 5.74) is 3.19. The minimum atomic E-state index is 0.00861. The number of carbonyl (C=O) groups excluding carboxylic acids is 1. The first-order chi connectivity index (χ1) is 16.1. The summed E-state index contributed by atoms with van der Waals surface area (Å²) in [4.78, 5) is 17.2. The van der Waals surface area contributed by atoms with Crippen LogP contribution in [0.3, 0.4) is 0 Å². The zero-order valence-electron chi connectivity index (χ0n) is 19.0. The molecule has 0 bridgehead atoms. The van der Waals surface area contributed by atoms with Crippen molar-refractivity contribution in [1.29, 1.82) is 0 Å². The smallest absolute Gasteiger partial charge is 0.261 e. The highest BCUT2D eigenvalue weighted by Crippen LogP contribution is 2.34. The number of methoxy groups -OCH3 is 1. The molecule has 1 saturated heterocycles. The predicted molar refractivity (Wildman–Crippen MR) is 133 cm³/mol. The molecular formula is C26H28N4O2S. The monoisotopic (exact) mass is 460 g/mol. The lowest BCUT2D eigenvalue weighted by atomic mass is 10.0. The minimum Gasteiger partial charge on any atom is -0.497 e. The molecule has 1 N–H and O–H groups in total. The average molecular weight is 461 g/mol. The number of ether oxygens (including phenoxy) is 1. The van der Waals surface area contributed by atoms with E-state index in [-0.39, 0.29) is 11.9 Å². The van der Waals surface area contributed by atoms with E-state index in [4.69, 9.17) is 4.74 Å². The second kappa shape index (κ2) is 9.37. The first-order valence-corrected chi connectivity index (χ1v) is 12.1. The van der Waals surface area contributed by atoms with Crippen molar-refractivity contribution in [1.82, 2.24) is 20.0 Å². The quantitative estimate of drug-likeness (QED) is 0.453. The van der Waals surface area contributed by atoms with Gasteiger partial charge >= 0.3 is 0 Å². The number of piperidine rings is 1. The number of carbonyl (C=O) groups is 1. The first-order valence-electron chi connectivity index (χ1n) is 11.3. The van der Waals surface area contributed by atoms with Crippen molar-refractivity contribution in [2.45, 2.75) is 25.4 Å². The fraction of sp³-hybridized carbons (Fsp3) is 0.308. The second-order valence-corrected chi connectivity index (χ2v) is 9.57. The number of aromatic nitrogens is 2. The number of likely N-dealkylation sites (tertiary alicyclic amines) is 1. The Bertz CT molecular complexity index is 1260. The maximum Gasteiger partial charge on any atom is 0.261 e. The molecule has 0 atom stereocenters. The third-order valence-corrected chi connectivity index (χ3v) is 7.45. The molecule has 5 rings (SSSR count). The highest BCUT2D eigenvalue weighted by atomic mass is 32.1. The van der Waals surface area contributed by atoms with E-state index in [1.165, 1.54) is 16.9 Å². The van der Waals surface area contributed by atoms with E-state index < -0.39 is 0 Å². The van der Waals surface area contributed by atoms with Crippen molar-refractivity contribution in [2.75, 3.05) is 20.2 Å². The Morgan fingerprint density at radius 3 is 2.67 bits per heavy atom. The number of thiophene rings is 1. The number of hydrogen-bond donors (Lipinski definition) is 1. The van der Waals surface area contributed by atoms with Crippen LogP contribution in [0.1, 0.15) is 28.1 Å². The Kier molecular flexibility index (Phi) is 6.15. The molecule has 1 aliphatic heterocycles. The van der Waals surface area contributed by atoms with E-state index in [0.717, 1.165) is 64.6 Å². The fourth-order valence-electron chi connectivity index (χ4n) is 4.47. The Labute approximate surface area is 197 Å². The topological polar surface area (TPSA) is 59.4 Å². The van der Waals surface area contributed by atoms with Crippen LogP contribution in [0.2, 0.25) is 0 Å². The summed E-state index contributed by atoms with van der Waals surface area (Å²) in [5.74, 6) is 0.799. The molecule has 7 heteroatoms. The standard InChI is InChI=1S/C26H28N4O2S/c1-29-26-22(24(28-29)19-9-6-10-21(15-19)32-2)16-23(33-26)25(31)27-20-11-13-30(14-12-20)17-18-7-4-3-5-8-18/h3-10,15-16,20H,11-14,17H2,1-2H3,(H,27,31). The summed E-state index contributed by atoms with van der Waals surface area (Å²) in [7, 11) is 3.58. The number of benzene rings is 2. The summed E-state index contributed by atoms with van der Waals surface area (Å²) in [6.45, 7) is 2.96. The number of rotatable bonds is 6. The van der Waals surface area contributed by atoms with E-state index in [9.17, 15) is 4.79 Å². The second-order valence-electron chi connectivity index (χ2n) is 8.54. The van der Waals surface area contributed by atoms with Crippen molar-refractivity contribution >= 4 is 27.5 Å². The minimum absolute atomic E-state index is 0.00861. The van der Waals surface area contributed by atoms with Crippen molar-refractivity contribution in [3.63, 3.8) is 0 Å². The molecule has 4 aromatic rings. The molecule has 0 unspecified atom stereocenters. The molecule has 1 amide bonds. The van der Waals surface area contributed by atoms with Gasteiger partial charge in [-0.05, 0) is 36.6 Å². The van der Waals surface area contributed by atoms with Gasteiger partial charge in [0.25, 0.3) is 5.91 Å². The molecule has 170 valence electrons. The first kappa shape index (κ1) is 21.7. The lowest BCUT2D eigenvalue weighted by Gasteiger charge is -2.32. The van der Waals surface area contributed by atoms with E-state index in [1.54, 1.807) is 7.11 Å². The molecule has 0 radical (unpaired) electrons. The van der Waals surface area contributed by atoms with Crippen LogP contribution in [0, 0.1) is 0 Å². The number of hydrogen-bond acceptors (Lipinski definition) is 5. The predicted octanol–water partition coefficient (Wildman–Crippen LogP) is 4.70. The zero-order chi connectivity index (χ0) is 22.8. The largest absolute Gasteiger partial charge is 0.497 e. The summed E-state index contributed by atoms with van der Waals surface area (Å²) >= 11 is 1.50. The Morgan fingerprint density at radius 2 is 1.91 bits per heavy atom. The highest BCUT2D eigenvalue weighted by molar-refractivity contribution is 7.20. The lowest BCUT2D eigenvalue weighted by Crippen LogP contribution is -2.44. The molecule has 2 aromatic carbocycles. The molecule has 2 aromatic heterocycles. The van der Waals surface area contributed by atoms with Crippen LogP contribution >= 0.6 is 11.3 Å². The molecule has 1 aliphatic rings. The van der Waals surface area contributed by atoms with Crippen LogP contribution in [-0.4, -0.2) is 46.8 Å². The maximum atomic E-state index is 13.0.